The predicted octanol–water partition coefficient (Wildman–Crippen LogP) is 0.255. The van der Waals surface area contributed by atoms with E-state index in [-0.39, 0.29) is 5.95 Å². The summed E-state index contributed by atoms with van der Waals surface area (Å²) >= 11 is 0. The summed E-state index contributed by atoms with van der Waals surface area (Å²) in [6.45, 7) is 0.641. The molecular weight excluding hydrogens is 196 g/mol. The normalized spacial score (nSPS) is 11.6. The van der Waals surface area contributed by atoms with Crippen LogP contribution in [0.4, 0.5) is 14.7 Å². The van der Waals surface area contributed by atoms with Crippen molar-refractivity contribution in [1.82, 2.24) is 9.97 Å². The fourth-order valence-electron chi connectivity index (χ4n) is 0.973. The van der Waals surface area contributed by atoms with Crippen molar-refractivity contribution in [2.45, 2.75) is 19.3 Å². The Morgan fingerprint density at radius 2 is 2.21 bits per heavy atom. The molecule has 0 unspecified atom stereocenters. The van der Waals surface area contributed by atoms with Crippen LogP contribution >= 0.6 is 0 Å². The Balaban J connectivity index is 3.16. The number of nitrogens with two attached hydrogens (primary N) is 1. The van der Waals surface area contributed by atoms with Crippen LogP contribution in [0.2, 0.25) is 0 Å². The van der Waals surface area contributed by atoms with E-state index in [1.807, 2.05) is 4.98 Å². The molecule has 5 nitrogen and oxygen atoms in total. The first-order valence-electron chi connectivity index (χ1n) is 3.75. The van der Waals surface area contributed by atoms with E-state index in [1.54, 1.807) is 0 Å². The smallest absolute Gasteiger partial charge is 0.259 e. The van der Waals surface area contributed by atoms with Gasteiger partial charge in [-0.15, -0.1) is 0 Å². The van der Waals surface area contributed by atoms with Crippen LogP contribution < -0.4 is 11.3 Å². The van der Waals surface area contributed by atoms with E-state index < -0.39 is 29.3 Å². The van der Waals surface area contributed by atoms with E-state index in [0.717, 1.165) is 0 Å². The van der Waals surface area contributed by atoms with Crippen molar-refractivity contribution < 1.29 is 13.9 Å². The lowest BCUT2D eigenvalue weighted by Gasteiger charge is -2.09. The molecule has 0 radical (unpaired) electrons. The summed E-state index contributed by atoms with van der Waals surface area (Å²) in [4.78, 5) is 16.4. The number of aromatic amines is 1. The molecule has 4 N–H and O–H groups in total. The van der Waals surface area contributed by atoms with Crippen LogP contribution in [0.15, 0.2) is 4.79 Å². The minimum absolute atomic E-state index is 0.310. The van der Waals surface area contributed by atoms with Crippen LogP contribution in [0.25, 0.3) is 0 Å². The molecule has 0 atom stereocenters. The van der Waals surface area contributed by atoms with Gasteiger partial charge in [0.1, 0.15) is 0 Å². The first kappa shape index (κ1) is 10.4. The number of anilines is 1. The molecule has 0 bridgehead atoms. The highest BCUT2D eigenvalue weighted by Crippen LogP contribution is 2.21. The molecule has 0 amide bonds. The summed E-state index contributed by atoms with van der Waals surface area (Å²) in [6.07, 6.45) is -0.874. The van der Waals surface area contributed by atoms with Gasteiger partial charge in [-0.2, -0.15) is 4.98 Å². The van der Waals surface area contributed by atoms with E-state index in [2.05, 4.69) is 4.98 Å². The van der Waals surface area contributed by atoms with Gasteiger partial charge in [0.05, 0.1) is 5.56 Å². The molecule has 0 saturated heterocycles. The quantitative estimate of drug-likeness (QED) is 0.645. The number of nitrogens with one attached hydrogen (secondary N) is 1. The van der Waals surface area contributed by atoms with Crippen molar-refractivity contribution in [3.8, 4) is 5.88 Å². The van der Waals surface area contributed by atoms with Crippen LogP contribution in [0, 0.1) is 0 Å². The minimum atomic E-state index is -3.08. The Kier molecular flexibility index (Phi) is 2.41. The van der Waals surface area contributed by atoms with E-state index in [1.165, 1.54) is 0 Å². The van der Waals surface area contributed by atoms with Crippen LogP contribution in [-0.2, 0) is 6.42 Å². The second kappa shape index (κ2) is 3.24. The maximum Gasteiger partial charge on any atom is 0.259 e. The van der Waals surface area contributed by atoms with E-state index in [4.69, 9.17) is 10.8 Å². The van der Waals surface area contributed by atoms with Gasteiger partial charge in [0, 0.05) is 6.42 Å². The molecular formula is C7H9F2N3O2. The van der Waals surface area contributed by atoms with E-state index in [0.29, 0.717) is 6.92 Å². The van der Waals surface area contributed by atoms with E-state index >= 15 is 0 Å². The summed E-state index contributed by atoms with van der Waals surface area (Å²) in [5.74, 6) is -4.15. The number of H-pyrrole nitrogens is 1. The molecule has 0 aromatic carbocycles. The van der Waals surface area contributed by atoms with Gasteiger partial charge in [0.15, 0.2) is 0 Å². The highest BCUT2D eigenvalue weighted by atomic mass is 19.3. The molecule has 1 aromatic rings. The van der Waals surface area contributed by atoms with Gasteiger partial charge >= 0.3 is 0 Å². The number of nitrogen functional groups attached to an aromatic ring is 1. The van der Waals surface area contributed by atoms with Crippen LogP contribution in [-0.4, -0.2) is 21.0 Å². The maximum absolute atomic E-state index is 12.5. The predicted molar refractivity (Wildman–Crippen MR) is 45.3 cm³/mol. The number of hydrogen-bond acceptors (Lipinski definition) is 4. The number of alkyl halides is 2. The lowest BCUT2D eigenvalue weighted by Crippen LogP contribution is -2.23. The summed E-state index contributed by atoms with van der Waals surface area (Å²) in [6, 6.07) is 0. The van der Waals surface area contributed by atoms with Crippen molar-refractivity contribution >= 4 is 5.95 Å². The standard InChI is InChI=1S/C7H9F2N3O2/c1-7(8,9)2-3-4(13)11-6(10)12-5(3)14/h2H2,1H3,(H4,10,11,12,13,14). The van der Waals surface area contributed by atoms with Crippen molar-refractivity contribution in [3.05, 3.63) is 15.9 Å². The average molecular weight is 205 g/mol. The molecule has 0 aliphatic heterocycles. The van der Waals surface area contributed by atoms with Crippen molar-refractivity contribution in [2.24, 2.45) is 0 Å². The molecule has 14 heavy (non-hydrogen) atoms. The Morgan fingerprint density at radius 3 is 2.64 bits per heavy atom. The van der Waals surface area contributed by atoms with Gasteiger partial charge in [-0.1, -0.05) is 0 Å². The highest BCUT2D eigenvalue weighted by molar-refractivity contribution is 5.29. The molecule has 7 heteroatoms. The maximum atomic E-state index is 12.5. The second-order valence-corrected chi connectivity index (χ2v) is 3.00. The zero-order chi connectivity index (χ0) is 10.9. The van der Waals surface area contributed by atoms with Gasteiger partial charge in [-0.05, 0) is 6.92 Å². The Labute approximate surface area is 77.6 Å². The van der Waals surface area contributed by atoms with Crippen LogP contribution in [0.5, 0.6) is 5.88 Å². The molecule has 0 aliphatic rings. The fraction of sp³-hybridized carbons (Fsp3) is 0.429. The van der Waals surface area contributed by atoms with Gasteiger partial charge in [-0.3, -0.25) is 9.78 Å². The molecule has 0 spiro atoms. The van der Waals surface area contributed by atoms with Crippen molar-refractivity contribution in [1.29, 1.82) is 0 Å². The topological polar surface area (TPSA) is 92.0 Å². The second-order valence-electron chi connectivity index (χ2n) is 3.00. The molecule has 78 valence electrons. The first-order chi connectivity index (χ1) is 6.29. The third-order valence-corrected chi connectivity index (χ3v) is 1.50. The first-order valence-corrected chi connectivity index (χ1v) is 3.75. The van der Waals surface area contributed by atoms with Crippen LogP contribution in [0.1, 0.15) is 12.5 Å². The Hall–Kier alpha value is -1.66. The van der Waals surface area contributed by atoms with Crippen LogP contribution in [0.3, 0.4) is 0 Å². The van der Waals surface area contributed by atoms with Gasteiger partial charge < -0.3 is 10.8 Å². The number of halogens is 2. The van der Waals surface area contributed by atoms with E-state index in [9.17, 15) is 13.6 Å². The largest absolute Gasteiger partial charge is 0.493 e. The number of hydrogen-bond donors (Lipinski definition) is 3. The zero-order valence-electron chi connectivity index (χ0n) is 7.34. The third kappa shape index (κ3) is 2.41. The summed E-state index contributed by atoms with van der Waals surface area (Å²) < 4.78 is 25.1. The molecule has 0 aliphatic carbocycles. The SMILES string of the molecule is CC(F)(F)Cc1c(O)nc(N)[nH]c1=O. The van der Waals surface area contributed by atoms with Crippen molar-refractivity contribution in [2.75, 3.05) is 5.73 Å². The lowest BCUT2D eigenvalue weighted by atomic mass is 10.1. The molecule has 1 rings (SSSR count). The van der Waals surface area contributed by atoms with Gasteiger partial charge in [0.25, 0.3) is 5.56 Å². The Morgan fingerprint density at radius 1 is 1.64 bits per heavy atom. The van der Waals surface area contributed by atoms with Gasteiger partial charge in [-0.25, -0.2) is 8.78 Å². The average Bonchev–Trinajstić information content (AvgIpc) is 1.95. The minimum Gasteiger partial charge on any atom is -0.493 e. The number of nitrogens with zero attached hydrogens (tertiary/aromatic N) is 1. The lowest BCUT2D eigenvalue weighted by molar-refractivity contribution is 0.0215. The monoisotopic (exact) mass is 205 g/mol. The summed E-state index contributed by atoms with van der Waals surface area (Å²) in [5, 5.41) is 9.09. The van der Waals surface area contributed by atoms with Gasteiger partial charge in [0.2, 0.25) is 17.8 Å². The van der Waals surface area contributed by atoms with Crippen molar-refractivity contribution in [3.63, 3.8) is 0 Å². The number of rotatable bonds is 2. The number of aromatic hydroxyl groups is 1. The molecule has 0 saturated carbocycles. The number of aromatic nitrogens is 2. The summed E-state index contributed by atoms with van der Waals surface area (Å²) in [5.41, 5.74) is 3.76. The molecule has 0 fully saturated rings. The third-order valence-electron chi connectivity index (χ3n) is 1.50. The Bertz CT molecular complexity index is 397. The highest BCUT2D eigenvalue weighted by Gasteiger charge is 2.26. The zero-order valence-corrected chi connectivity index (χ0v) is 7.34. The molecule has 1 aromatic heterocycles. The molecule has 1 heterocycles. The fourth-order valence-corrected chi connectivity index (χ4v) is 0.973. The summed E-state index contributed by atoms with van der Waals surface area (Å²) in [7, 11) is 0.